The van der Waals surface area contributed by atoms with Crippen LogP contribution in [-0.2, 0) is 33.2 Å². The maximum absolute atomic E-state index is 11.4. The highest BCUT2D eigenvalue weighted by Gasteiger charge is 2.64. The van der Waals surface area contributed by atoms with Crippen LogP contribution in [0.3, 0.4) is 0 Å². The van der Waals surface area contributed by atoms with E-state index in [1.165, 1.54) is 19.3 Å². The first kappa shape index (κ1) is 15.9. The lowest BCUT2D eigenvalue weighted by Crippen LogP contribution is -2.57. The summed E-state index contributed by atoms with van der Waals surface area (Å²) in [4.78, 5) is 11.4. The number of hydrogen-bond donors (Lipinski definition) is 0. The van der Waals surface area contributed by atoms with Crippen LogP contribution in [0, 0.1) is 0 Å². The Hall–Kier alpha value is -0.990. The van der Waals surface area contributed by atoms with Gasteiger partial charge in [-0.05, 0) is 33.8 Å². The molecule has 0 aromatic heterocycles. The van der Waals surface area contributed by atoms with E-state index in [-0.39, 0.29) is 18.8 Å². The lowest BCUT2D eigenvalue weighted by Gasteiger charge is -2.38. The largest absolute Gasteiger partial charge is 0.466 e. The molecule has 0 aromatic carbocycles. The highest BCUT2D eigenvalue weighted by Crippen LogP contribution is 2.47. The standard InChI is InChI=1S/C15H22O7/c1-13(2)19-9-8-18-15(7-6-10(16)17-5)12(11(9)20-13)21-14(3,4)22-15/h6-7,9,11-12H,8H2,1-5H3/b7-6-/t9-,11-,12+,15+/m1/s1. The number of methoxy groups -OCH3 is 1. The van der Waals surface area contributed by atoms with E-state index >= 15 is 0 Å². The monoisotopic (exact) mass is 314 g/mol. The smallest absolute Gasteiger partial charge is 0.330 e. The van der Waals surface area contributed by atoms with Gasteiger partial charge in [0.1, 0.15) is 18.3 Å². The summed E-state index contributed by atoms with van der Waals surface area (Å²) in [7, 11) is 1.31. The molecule has 4 atom stereocenters. The van der Waals surface area contributed by atoms with Gasteiger partial charge in [0.2, 0.25) is 5.79 Å². The molecule has 0 aliphatic carbocycles. The minimum absolute atomic E-state index is 0.239. The predicted octanol–water partition coefficient (Wildman–Crippen LogP) is 1.11. The fraction of sp³-hybridized carbons (Fsp3) is 0.800. The van der Waals surface area contributed by atoms with Gasteiger partial charge in [0.05, 0.1) is 13.7 Å². The van der Waals surface area contributed by atoms with Gasteiger partial charge in [-0.15, -0.1) is 0 Å². The van der Waals surface area contributed by atoms with Crippen molar-refractivity contribution in [3.05, 3.63) is 12.2 Å². The van der Waals surface area contributed by atoms with Crippen LogP contribution in [-0.4, -0.2) is 55.4 Å². The highest BCUT2D eigenvalue weighted by atomic mass is 16.9. The summed E-state index contributed by atoms with van der Waals surface area (Å²) >= 11 is 0. The summed E-state index contributed by atoms with van der Waals surface area (Å²) in [6, 6.07) is 0. The van der Waals surface area contributed by atoms with E-state index in [1.807, 2.05) is 13.8 Å². The number of hydrogen-bond acceptors (Lipinski definition) is 7. The Labute approximate surface area is 129 Å². The number of rotatable bonds is 2. The Bertz CT molecular complexity index is 498. The fourth-order valence-corrected chi connectivity index (χ4v) is 3.15. The highest BCUT2D eigenvalue weighted by molar-refractivity contribution is 5.81. The van der Waals surface area contributed by atoms with Crippen LogP contribution < -0.4 is 0 Å². The van der Waals surface area contributed by atoms with Crippen LogP contribution in [0.15, 0.2) is 12.2 Å². The molecule has 7 heteroatoms. The quantitative estimate of drug-likeness (QED) is 0.558. The Morgan fingerprint density at radius 1 is 1.14 bits per heavy atom. The number of carbonyl (C=O) groups excluding carboxylic acids is 1. The molecule has 0 bridgehead atoms. The van der Waals surface area contributed by atoms with E-state index in [0.29, 0.717) is 0 Å². The van der Waals surface area contributed by atoms with E-state index in [2.05, 4.69) is 4.74 Å². The first-order valence-electron chi connectivity index (χ1n) is 7.31. The summed E-state index contributed by atoms with van der Waals surface area (Å²) in [5.41, 5.74) is 0. The fourth-order valence-electron chi connectivity index (χ4n) is 3.15. The SMILES string of the molecule is COC(=O)/C=C\[C@@]12OC[C@H]3OC(C)(C)O[C@H]3[C@@H]1OC(C)(C)O2. The van der Waals surface area contributed by atoms with Gasteiger partial charge in [0, 0.05) is 6.08 Å². The topological polar surface area (TPSA) is 72.5 Å². The molecule has 0 aromatic rings. The number of fused-ring (bicyclic) bond motifs is 3. The zero-order valence-electron chi connectivity index (χ0n) is 13.5. The summed E-state index contributed by atoms with van der Waals surface area (Å²) in [6.45, 7) is 7.56. The number of carbonyl (C=O) groups is 1. The van der Waals surface area contributed by atoms with Crippen molar-refractivity contribution in [3.63, 3.8) is 0 Å². The van der Waals surface area contributed by atoms with E-state index in [4.69, 9.17) is 23.7 Å². The molecular weight excluding hydrogens is 292 g/mol. The minimum atomic E-state index is -1.19. The van der Waals surface area contributed by atoms with Gasteiger partial charge in [0.15, 0.2) is 11.6 Å². The average Bonchev–Trinajstić information content (AvgIpc) is 2.87. The van der Waals surface area contributed by atoms with Crippen molar-refractivity contribution in [3.8, 4) is 0 Å². The van der Waals surface area contributed by atoms with Crippen LogP contribution in [0.25, 0.3) is 0 Å². The zero-order chi connectivity index (χ0) is 16.2. The Morgan fingerprint density at radius 3 is 2.55 bits per heavy atom. The third kappa shape index (κ3) is 2.68. The molecule has 3 aliphatic heterocycles. The molecule has 0 unspecified atom stereocenters. The molecule has 0 spiro atoms. The maximum Gasteiger partial charge on any atom is 0.330 e. The van der Waals surface area contributed by atoms with Crippen molar-refractivity contribution in [2.45, 2.75) is 63.4 Å². The molecular formula is C15H22O7. The van der Waals surface area contributed by atoms with Crippen LogP contribution in [0.5, 0.6) is 0 Å². The van der Waals surface area contributed by atoms with Crippen LogP contribution >= 0.6 is 0 Å². The molecule has 3 fully saturated rings. The molecule has 7 nitrogen and oxygen atoms in total. The second kappa shape index (κ2) is 5.01. The molecule has 0 saturated carbocycles. The van der Waals surface area contributed by atoms with E-state index in [0.717, 1.165) is 0 Å². The molecule has 0 amide bonds. The van der Waals surface area contributed by atoms with E-state index < -0.39 is 29.4 Å². The third-order valence-corrected chi connectivity index (χ3v) is 3.86. The number of ether oxygens (including phenoxy) is 6. The van der Waals surface area contributed by atoms with Crippen LogP contribution in [0.2, 0.25) is 0 Å². The number of esters is 1. The molecule has 22 heavy (non-hydrogen) atoms. The van der Waals surface area contributed by atoms with Gasteiger partial charge in [0.25, 0.3) is 0 Å². The predicted molar refractivity (Wildman–Crippen MR) is 73.7 cm³/mol. The lowest BCUT2D eigenvalue weighted by atomic mass is 9.96. The molecule has 3 rings (SSSR count). The summed E-state index contributed by atoms with van der Waals surface area (Å²) < 4.78 is 34.2. The third-order valence-electron chi connectivity index (χ3n) is 3.86. The van der Waals surface area contributed by atoms with Crippen molar-refractivity contribution in [2.24, 2.45) is 0 Å². The maximum atomic E-state index is 11.4. The second-order valence-corrected chi connectivity index (χ2v) is 6.57. The van der Waals surface area contributed by atoms with E-state index in [1.54, 1.807) is 13.8 Å². The zero-order valence-corrected chi connectivity index (χ0v) is 13.5. The summed E-state index contributed by atoms with van der Waals surface area (Å²) in [5.74, 6) is -3.26. The van der Waals surface area contributed by atoms with Crippen molar-refractivity contribution >= 4 is 5.97 Å². The molecule has 3 heterocycles. The van der Waals surface area contributed by atoms with Gasteiger partial charge in [-0.3, -0.25) is 0 Å². The summed E-state index contributed by atoms with van der Waals surface area (Å²) in [5, 5.41) is 0. The Balaban J connectivity index is 1.91. The normalized spacial score (nSPS) is 42.1. The van der Waals surface area contributed by atoms with Gasteiger partial charge < -0.3 is 28.4 Å². The van der Waals surface area contributed by atoms with Crippen molar-refractivity contribution in [1.29, 1.82) is 0 Å². The van der Waals surface area contributed by atoms with Gasteiger partial charge in [-0.2, -0.15) is 0 Å². The second-order valence-electron chi connectivity index (χ2n) is 6.57. The minimum Gasteiger partial charge on any atom is -0.466 e. The van der Waals surface area contributed by atoms with Gasteiger partial charge in [-0.25, -0.2) is 4.79 Å². The van der Waals surface area contributed by atoms with Crippen LogP contribution in [0.1, 0.15) is 27.7 Å². The summed E-state index contributed by atoms with van der Waals surface area (Å²) in [6.07, 6.45) is 1.69. The first-order chi connectivity index (χ1) is 10.2. The molecule has 0 radical (unpaired) electrons. The average molecular weight is 314 g/mol. The van der Waals surface area contributed by atoms with Gasteiger partial charge in [-0.1, -0.05) is 0 Å². The molecule has 0 N–H and O–H groups in total. The van der Waals surface area contributed by atoms with Crippen molar-refractivity contribution in [1.82, 2.24) is 0 Å². The molecule has 3 aliphatic rings. The Kier molecular flexibility index (Phi) is 3.61. The van der Waals surface area contributed by atoms with Gasteiger partial charge >= 0.3 is 5.97 Å². The molecule has 124 valence electrons. The molecule has 3 saturated heterocycles. The van der Waals surface area contributed by atoms with E-state index in [9.17, 15) is 4.79 Å². The first-order valence-corrected chi connectivity index (χ1v) is 7.31. The Morgan fingerprint density at radius 2 is 1.86 bits per heavy atom. The van der Waals surface area contributed by atoms with Crippen molar-refractivity contribution < 1.29 is 33.2 Å². The van der Waals surface area contributed by atoms with Crippen molar-refractivity contribution in [2.75, 3.05) is 13.7 Å². The van der Waals surface area contributed by atoms with Crippen LogP contribution in [0.4, 0.5) is 0 Å². The lowest BCUT2D eigenvalue weighted by molar-refractivity contribution is -0.253.